The maximum atomic E-state index is 11.9. The summed E-state index contributed by atoms with van der Waals surface area (Å²) in [6.45, 7) is 3.97. The van der Waals surface area contributed by atoms with Gasteiger partial charge >= 0.3 is 0 Å². The molecule has 2 fully saturated rings. The Morgan fingerprint density at radius 2 is 1.89 bits per heavy atom. The van der Waals surface area contributed by atoms with Crippen LogP contribution >= 0.6 is 23.1 Å². The second kappa shape index (κ2) is 10.4. The minimum atomic E-state index is -0.366. The Morgan fingerprint density at radius 3 is 2.68 bits per heavy atom. The Hall–Kier alpha value is -3.67. The molecule has 0 bridgehead atoms. The van der Waals surface area contributed by atoms with Crippen molar-refractivity contribution in [1.29, 1.82) is 0 Å². The van der Waals surface area contributed by atoms with Gasteiger partial charge in [0.1, 0.15) is 18.0 Å². The fraction of sp³-hybridized carbons (Fsp3) is 0.231. The summed E-state index contributed by atoms with van der Waals surface area (Å²) in [5.74, 6) is 0.939. The standard InChI is InChI=1S/C26H24N6O3S2/c33-24-21(37-26(34)31-24)15-18-7-8-20(36-18)22-19-9-10-27-23(19)30-25(29-22)28-16-3-5-17(6-4-16)35-14-13-32-11-1-2-12-32/h3-10,15H,1-2,11-14H2,(H,31,33,34)(H2,27,28,29,30)/b21-15-. The number of fused-ring (bicyclic) bond motifs is 1. The van der Waals surface area contributed by atoms with Crippen molar-refractivity contribution in [3.63, 3.8) is 0 Å². The normalized spacial score (nSPS) is 17.1. The highest BCUT2D eigenvalue weighted by molar-refractivity contribution is 8.18. The van der Waals surface area contributed by atoms with Gasteiger partial charge < -0.3 is 15.0 Å². The van der Waals surface area contributed by atoms with Crippen LogP contribution in [-0.4, -0.2) is 57.2 Å². The third-order valence-corrected chi connectivity index (χ3v) is 8.03. The van der Waals surface area contributed by atoms with Gasteiger partial charge in [-0.2, -0.15) is 4.98 Å². The molecule has 188 valence electrons. The van der Waals surface area contributed by atoms with Crippen LogP contribution in [0.15, 0.2) is 53.6 Å². The van der Waals surface area contributed by atoms with Crippen LogP contribution < -0.4 is 15.4 Å². The summed E-state index contributed by atoms with van der Waals surface area (Å²) in [4.78, 5) is 40.6. The fourth-order valence-electron chi connectivity index (χ4n) is 4.36. The van der Waals surface area contributed by atoms with Crippen LogP contribution in [0.25, 0.3) is 27.7 Å². The van der Waals surface area contributed by atoms with Gasteiger partial charge in [0.05, 0.1) is 15.5 Å². The number of benzene rings is 1. The summed E-state index contributed by atoms with van der Waals surface area (Å²) in [6.07, 6.45) is 6.12. The van der Waals surface area contributed by atoms with E-state index in [4.69, 9.17) is 9.72 Å². The molecule has 0 spiro atoms. The second-order valence-corrected chi connectivity index (χ2v) is 10.9. The summed E-state index contributed by atoms with van der Waals surface area (Å²) < 4.78 is 5.91. The molecule has 0 aliphatic carbocycles. The summed E-state index contributed by atoms with van der Waals surface area (Å²) in [6, 6.07) is 13.6. The van der Waals surface area contributed by atoms with E-state index in [1.807, 2.05) is 48.7 Å². The highest BCUT2D eigenvalue weighted by Crippen LogP contribution is 2.35. The van der Waals surface area contributed by atoms with Crippen LogP contribution in [0.5, 0.6) is 5.75 Å². The number of thioether (sulfide) groups is 1. The molecule has 6 rings (SSSR count). The van der Waals surface area contributed by atoms with Crippen LogP contribution in [0.4, 0.5) is 16.4 Å². The summed E-state index contributed by atoms with van der Waals surface area (Å²) in [5, 5.41) is 6.12. The monoisotopic (exact) mass is 532 g/mol. The lowest BCUT2D eigenvalue weighted by Gasteiger charge is -2.15. The number of anilines is 2. The van der Waals surface area contributed by atoms with E-state index >= 15 is 0 Å². The molecule has 3 aromatic heterocycles. The number of imide groups is 1. The van der Waals surface area contributed by atoms with Gasteiger partial charge in [0.15, 0.2) is 0 Å². The lowest BCUT2D eigenvalue weighted by molar-refractivity contribution is -0.115. The third kappa shape index (κ3) is 5.38. The minimum absolute atomic E-state index is 0.352. The molecule has 11 heteroatoms. The predicted molar refractivity (Wildman–Crippen MR) is 147 cm³/mol. The number of thiophene rings is 1. The first kappa shape index (κ1) is 23.7. The molecule has 2 saturated heterocycles. The molecule has 0 unspecified atom stereocenters. The van der Waals surface area contributed by atoms with Crippen LogP contribution in [0, 0.1) is 0 Å². The number of amides is 2. The first-order valence-corrected chi connectivity index (χ1v) is 13.7. The highest BCUT2D eigenvalue weighted by atomic mass is 32.2. The molecule has 5 heterocycles. The zero-order valence-corrected chi connectivity index (χ0v) is 21.5. The molecular weight excluding hydrogens is 508 g/mol. The molecule has 9 nitrogen and oxygen atoms in total. The number of likely N-dealkylation sites (tertiary alicyclic amines) is 1. The average Bonchev–Trinajstić information content (AvgIpc) is 3.69. The Kier molecular flexibility index (Phi) is 6.64. The molecule has 0 saturated carbocycles. The maximum absolute atomic E-state index is 11.9. The Morgan fingerprint density at radius 1 is 1.05 bits per heavy atom. The molecule has 37 heavy (non-hydrogen) atoms. The number of carbonyl (C=O) groups is 2. The molecule has 0 radical (unpaired) electrons. The van der Waals surface area contributed by atoms with Crippen molar-refractivity contribution < 1.29 is 14.3 Å². The molecule has 1 aromatic carbocycles. The first-order chi connectivity index (χ1) is 18.1. The Balaban J connectivity index is 1.18. The van der Waals surface area contributed by atoms with E-state index in [1.54, 1.807) is 6.08 Å². The number of hydrogen-bond donors (Lipinski definition) is 3. The zero-order valence-electron chi connectivity index (χ0n) is 19.8. The maximum Gasteiger partial charge on any atom is 0.290 e. The van der Waals surface area contributed by atoms with Crippen LogP contribution in [0.3, 0.4) is 0 Å². The van der Waals surface area contributed by atoms with Crippen molar-refractivity contribution in [2.24, 2.45) is 0 Å². The molecule has 2 aliphatic heterocycles. The van der Waals surface area contributed by atoms with Gasteiger partial charge in [0.2, 0.25) is 5.95 Å². The topological polar surface area (TPSA) is 112 Å². The molecular formula is C26H24N6O3S2. The number of H-pyrrole nitrogens is 1. The molecule has 0 atom stereocenters. The van der Waals surface area contributed by atoms with E-state index in [2.05, 4.69) is 25.5 Å². The largest absolute Gasteiger partial charge is 0.492 e. The van der Waals surface area contributed by atoms with E-state index < -0.39 is 0 Å². The van der Waals surface area contributed by atoms with Gasteiger partial charge in [-0.05, 0) is 86.2 Å². The first-order valence-electron chi connectivity index (χ1n) is 12.0. The Bertz CT molecular complexity index is 1490. The number of carbonyl (C=O) groups excluding carboxylic acids is 2. The van der Waals surface area contributed by atoms with Crippen LogP contribution in [0.1, 0.15) is 17.7 Å². The van der Waals surface area contributed by atoms with Gasteiger partial charge in [-0.25, -0.2) is 4.98 Å². The fourth-order valence-corrected chi connectivity index (χ4v) is 6.06. The molecule has 3 N–H and O–H groups in total. The number of aromatic amines is 1. The number of aromatic nitrogens is 3. The highest BCUT2D eigenvalue weighted by Gasteiger charge is 2.25. The summed E-state index contributed by atoms with van der Waals surface area (Å²) >= 11 is 2.40. The molecule has 2 amide bonds. The van der Waals surface area contributed by atoms with E-state index in [0.717, 1.165) is 56.2 Å². The van der Waals surface area contributed by atoms with Crippen molar-refractivity contribution >= 4 is 63.0 Å². The van der Waals surface area contributed by atoms with Crippen LogP contribution in [0.2, 0.25) is 0 Å². The second-order valence-electron chi connectivity index (χ2n) is 8.74. The van der Waals surface area contributed by atoms with E-state index in [9.17, 15) is 9.59 Å². The van der Waals surface area contributed by atoms with Crippen molar-refractivity contribution in [2.45, 2.75) is 12.8 Å². The van der Waals surface area contributed by atoms with Crippen molar-refractivity contribution in [2.75, 3.05) is 31.6 Å². The number of rotatable bonds is 8. The van der Waals surface area contributed by atoms with Crippen molar-refractivity contribution in [3.05, 3.63) is 58.4 Å². The summed E-state index contributed by atoms with van der Waals surface area (Å²) in [7, 11) is 0. The van der Waals surface area contributed by atoms with Gasteiger partial charge in [0.25, 0.3) is 11.1 Å². The van der Waals surface area contributed by atoms with Gasteiger partial charge in [0, 0.05) is 28.7 Å². The Labute approximate surface area is 221 Å². The minimum Gasteiger partial charge on any atom is -0.492 e. The number of nitrogens with zero attached hydrogens (tertiary/aromatic N) is 3. The molecule has 2 aliphatic rings. The SMILES string of the molecule is O=C1NC(=O)/C(=C/c2ccc(-c3nc(Nc4ccc(OCCN5CCCC5)cc4)nc4[nH]ccc34)s2)S1. The quantitative estimate of drug-likeness (QED) is 0.265. The zero-order chi connectivity index (χ0) is 25.2. The average molecular weight is 533 g/mol. The third-order valence-electron chi connectivity index (χ3n) is 6.18. The van der Waals surface area contributed by atoms with Crippen molar-refractivity contribution in [3.8, 4) is 16.3 Å². The lowest BCUT2D eigenvalue weighted by Crippen LogP contribution is -2.25. The number of hydrogen-bond acceptors (Lipinski definition) is 9. The van der Waals surface area contributed by atoms with Crippen LogP contribution in [-0.2, 0) is 4.79 Å². The lowest BCUT2D eigenvalue weighted by atomic mass is 10.2. The van der Waals surface area contributed by atoms with Crippen molar-refractivity contribution in [1.82, 2.24) is 25.2 Å². The van der Waals surface area contributed by atoms with E-state index in [1.165, 1.54) is 37.3 Å². The summed E-state index contributed by atoms with van der Waals surface area (Å²) in [5.41, 5.74) is 2.36. The van der Waals surface area contributed by atoms with E-state index in [0.29, 0.717) is 17.5 Å². The number of ether oxygens (including phenoxy) is 1. The smallest absolute Gasteiger partial charge is 0.290 e. The predicted octanol–water partition coefficient (Wildman–Crippen LogP) is 5.23. The van der Waals surface area contributed by atoms with Gasteiger partial charge in [-0.15, -0.1) is 11.3 Å². The van der Waals surface area contributed by atoms with Gasteiger partial charge in [-0.1, -0.05) is 0 Å². The van der Waals surface area contributed by atoms with Gasteiger partial charge in [-0.3, -0.25) is 19.8 Å². The number of nitrogens with one attached hydrogen (secondary N) is 3. The van der Waals surface area contributed by atoms with E-state index in [-0.39, 0.29) is 11.1 Å². The molecule has 4 aromatic rings.